The lowest BCUT2D eigenvalue weighted by Crippen LogP contribution is -2.62. The summed E-state index contributed by atoms with van der Waals surface area (Å²) in [5.41, 5.74) is 1.71. The van der Waals surface area contributed by atoms with Crippen molar-refractivity contribution < 1.29 is 28.5 Å². The van der Waals surface area contributed by atoms with Crippen molar-refractivity contribution in [1.82, 2.24) is 0 Å². The molecule has 0 aromatic heterocycles. The highest BCUT2D eigenvalue weighted by Gasteiger charge is 2.60. The number of rotatable bonds is 3. The summed E-state index contributed by atoms with van der Waals surface area (Å²) >= 11 is 0. The first-order chi connectivity index (χ1) is 14.5. The number of hydrogen-bond acceptors (Lipinski definition) is 6. The van der Waals surface area contributed by atoms with E-state index in [1.807, 2.05) is 19.9 Å². The zero-order valence-electron chi connectivity index (χ0n) is 19.5. The Morgan fingerprint density at radius 2 is 1.97 bits per heavy atom. The predicted octanol–water partition coefficient (Wildman–Crippen LogP) is 4.33. The van der Waals surface area contributed by atoms with Gasteiger partial charge in [0, 0.05) is 12.3 Å². The molecule has 2 heterocycles. The SMILES string of the molecule is C=C1CC[C@@H]2[C@]3(C)COC(C)(C)O[C@@H]3CC[C@@]2(C)[C@@H]1C/C=C1/C(=O)OC[C@H]1OC(C)=O. The Labute approximate surface area is 185 Å². The standard InChI is InChI=1S/C25H36O6/c1-15-7-10-20-24(5,12-11-21-25(20,6)14-29-23(3,4)31-21)18(15)9-8-17-19(30-16(2)26)13-28-22(17)27/h8,18-21H,1,7,9-14H2,2-6H3/b17-8+/t18-,19-,20+,21-,24+,25+/m1/s1. The molecule has 6 nitrogen and oxygen atoms in total. The van der Waals surface area contributed by atoms with Gasteiger partial charge in [-0.3, -0.25) is 4.79 Å². The number of ether oxygens (including phenoxy) is 4. The minimum absolute atomic E-state index is 0.0405. The van der Waals surface area contributed by atoms with Crippen LogP contribution < -0.4 is 0 Å². The summed E-state index contributed by atoms with van der Waals surface area (Å²) in [6.07, 6.45) is 6.31. The van der Waals surface area contributed by atoms with Crippen molar-refractivity contribution >= 4 is 11.9 Å². The Kier molecular flexibility index (Phi) is 5.62. The average molecular weight is 433 g/mol. The first kappa shape index (κ1) is 22.5. The second kappa shape index (κ2) is 7.73. The van der Waals surface area contributed by atoms with Crippen molar-refractivity contribution in [2.24, 2.45) is 22.7 Å². The fraction of sp³-hybridized carbons (Fsp3) is 0.760. The molecular weight excluding hydrogens is 396 g/mol. The van der Waals surface area contributed by atoms with Gasteiger partial charge in [-0.2, -0.15) is 0 Å². The van der Waals surface area contributed by atoms with Gasteiger partial charge in [-0.25, -0.2) is 4.79 Å². The summed E-state index contributed by atoms with van der Waals surface area (Å²) in [4.78, 5) is 23.7. The summed E-state index contributed by atoms with van der Waals surface area (Å²) in [5, 5.41) is 0. The first-order valence-corrected chi connectivity index (χ1v) is 11.5. The molecule has 31 heavy (non-hydrogen) atoms. The van der Waals surface area contributed by atoms with Gasteiger partial charge in [-0.05, 0) is 63.2 Å². The molecule has 0 spiro atoms. The lowest BCUT2D eigenvalue weighted by Gasteiger charge is -2.63. The first-order valence-electron chi connectivity index (χ1n) is 11.5. The van der Waals surface area contributed by atoms with E-state index in [9.17, 15) is 9.59 Å². The topological polar surface area (TPSA) is 71.1 Å². The molecule has 2 aliphatic carbocycles. The molecule has 0 aromatic rings. The molecule has 2 saturated carbocycles. The van der Waals surface area contributed by atoms with Gasteiger partial charge in [0.2, 0.25) is 0 Å². The molecule has 6 atom stereocenters. The van der Waals surface area contributed by atoms with Gasteiger partial charge in [0.1, 0.15) is 6.61 Å². The normalized spacial score (nSPS) is 43.2. The van der Waals surface area contributed by atoms with Gasteiger partial charge in [0.15, 0.2) is 11.9 Å². The van der Waals surface area contributed by atoms with E-state index >= 15 is 0 Å². The lowest BCUT2D eigenvalue weighted by atomic mass is 9.46. The van der Waals surface area contributed by atoms with E-state index in [4.69, 9.17) is 18.9 Å². The van der Waals surface area contributed by atoms with E-state index in [0.717, 1.165) is 25.7 Å². The van der Waals surface area contributed by atoms with Crippen molar-refractivity contribution in [2.75, 3.05) is 13.2 Å². The third-order valence-electron chi connectivity index (χ3n) is 8.30. The van der Waals surface area contributed by atoms with Crippen molar-refractivity contribution in [1.29, 1.82) is 0 Å². The maximum absolute atomic E-state index is 12.2. The molecule has 4 aliphatic rings. The quantitative estimate of drug-likeness (QED) is 0.376. The third kappa shape index (κ3) is 3.86. The minimum atomic E-state index is -0.610. The number of hydrogen-bond donors (Lipinski definition) is 0. The van der Waals surface area contributed by atoms with Gasteiger partial charge >= 0.3 is 11.9 Å². The van der Waals surface area contributed by atoms with Gasteiger partial charge in [0.25, 0.3) is 0 Å². The largest absolute Gasteiger partial charge is 0.458 e. The Hall–Kier alpha value is -1.66. The molecule has 0 radical (unpaired) electrons. The summed E-state index contributed by atoms with van der Waals surface area (Å²) in [5.74, 6) is -0.633. The van der Waals surface area contributed by atoms with E-state index in [-0.39, 0.29) is 35.4 Å². The zero-order valence-corrected chi connectivity index (χ0v) is 19.5. The number of cyclic esters (lactones) is 1. The minimum Gasteiger partial charge on any atom is -0.458 e. The average Bonchev–Trinajstić information content (AvgIpc) is 3.01. The monoisotopic (exact) mass is 432 g/mol. The number of esters is 2. The van der Waals surface area contributed by atoms with Crippen LogP contribution in [0.15, 0.2) is 23.8 Å². The van der Waals surface area contributed by atoms with Crippen LogP contribution in [0.1, 0.15) is 66.7 Å². The molecule has 0 N–H and O–H groups in total. The van der Waals surface area contributed by atoms with Gasteiger partial charge < -0.3 is 18.9 Å². The van der Waals surface area contributed by atoms with E-state index in [1.54, 1.807) is 0 Å². The second-order valence-electron chi connectivity index (χ2n) is 10.7. The molecule has 4 rings (SSSR count). The van der Waals surface area contributed by atoms with Crippen molar-refractivity contribution in [3.63, 3.8) is 0 Å². The van der Waals surface area contributed by atoms with E-state index < -0.39 is 17.9 Å². The Morgan fingerprint density at radius 3 is 2.68 bits per heavy atom. The molecule has 4 fully saturated rings. The molecule has 6 heteroatoms. The lowest BCUT2D eigenvalue weighted by molar-refractivity contribution is -0.344. The summed E-state index contributed by atoms with van der Waals surface area (Å²) in [6, 6.07) is 0. The Balaban J connectivity index is 1.59. The molecule has 2 saturated heterocycles. The van der Waals surface area contributed by atoms with Crippen LogP contribution in [-0.4, -0.2) is 43.1 Å². The maximum atomic E-state index is 12.2. The van der Waals surface area contributed by atoms with Crippen LogP contribution in [0.5, 0.6) is 0 Å². The van der Waals surface area contributed by atoms with Crippen LogP contribution >= 0.6 is 0 Å². The van der Waals surface area contributed by atoms with E-state index in [1.165, 1.54) is 12.5 Å². The van der Waals surface area contributed by atoms with Crippen LogP contribution in [-0.2, 0) is 28.5 Å². The number of carbonyl (C=O) groups excluding carboxylic acids is 2. The Morgan fingerprint density at radius 1 is 1.23 bits per heavy atom. The highest BCUT2D eigenvalue weighted by Crippen LogP contribution is 2.63. The molecule has 0 bridgehead atoms. The summed E-state index contributed by atoms with van der Waals surface area (Å²) in [6.45, 7) is 15.3. The Bertz CT molecular complexity index is 813. The molecule has 0 unspecified atom stereocenters. The van der Waals surface area contributed by atoms with Crippen LogP contribution in [0.4, 0.5) is 0 Å². The highest BCUT2D eigenvalue weighted by atomic mass is 16.7. The van der Waals surface area contributed by atoms with Crippen LogP contribution in [0.3, 0.4) is 0 Å². The van der Waals surface area contributed by atoms with Crippen molar-refractivity contribution in [2.45, 2.75) is 84.7 Å². The van der Waals surface area contributed by atoms with Crippen molar-refractivity contribution in [3.8, 4) is 0 Å². The van der Waals surface area contributed by atoms with E-state index in [0.29, 0.717) is 24.5 Å². The molecule has 2 aliphatic heterocycles. The summed E-state index contributed by atoms with van der Waals surface area (Å²) in [7, 11) is 0. The maximum Gasteiger partial charge on any atom is 0.337 e. The smallest absolute Gasteiger partial charge is 0.337 e. The highest BCUT2D eigenvalue weighted by molar-refractivity contribution is 5.92. The second-order valence-corrected chi connectivity index (χ2v) is 10.7. The number of carbonyl (C=O) groups is 2. The third-order valence-corrected chi connectivity index (χ3v) is 8.30. The van der Waals surface area contributed by atoms with Crippen molar-refractivity contribution in [3.05, 3.63) is 23.8 Å². The van der Waals surface area contributed by atoms with Gasteiger partial charge in [-0.1, -0.05) is 32.1 Å². The number of fused-ring (bicyclic) bond motifs is 3. The van der Waals surface area contributed by atoms with Gasteiger partial charge in [-0.15, -0.1) is 0 Å². The summed E-state index contributed by atoms with van der Waals surface area (Å²) < 4.78 is 22.9. The van der Waals surface area contributed by atoms with Gasteiger partial charge in [0.05, 0.1) is 18.3 Å². The molecule has 0 aromatic carbocycles. The van der Waals surface area contributed by atoms with Crippen LogP contribution in [0.2, 0.25) is 0 Å². The predicted molar refractivity (Wildman–Crippen MR) is 115 cm³/mol. The zero-order chi connectivity index (χ0) is 22.6. The molecule has 0 amide bonds. The molecular formula is C25H36O6. The molecule has 172 valence electrons. The number of allylic oxidation sites excluding steroid dienone is 2. The van der Waals surface area contributed by atoms with Crippen LogP contribution in [0.25, 0.3) is 0 Å². The fourth-order valence-corrected chi connectivity index (χ4v) is 6.71. The fourth-order valence-electron chi connectivity index (χ4n) is 6.71. The van der Waals surface area contributed by atoms with E-state index in [2.05, 4.69) is 20.4 Å². The van der Waals surface area contributed by atoms with Crippen LogP contribution in [0, 0.1) is 22.7 Å².